The number of phenols is 1. The maximum absolute atomic E-state index is 11.3. The van der Waals surface area contributed by atoms with Crippen LogP contribution in [-0.2, 0) is 0 Å². The Bertz CT molecular complexity index is 1230. The summed E-state index contributed by atoms with van der Waals surface area (Å²) in [4.78, 5) is 0. The summed E-state index contributed by atoms with van der Waals surface area (Å²) in [6.07, 6.45) is 1.25. The third-order valence-corrected chi connectivity index (χ3v) is 6.47. The number of rotatable bonds is 12. The zero-order chi connectivity index (χ0) is 26.0. The summed E-state index contributed by atoms with van der Waals surface area (Å²) in [7, 11) is 0. The van der Waals surface area contributed by atoms with Gasteiger partial charge in [0.2, 0.25) is 0 Å². The quantitative estimate of drug-likeness (QED) is 0.213. The van der Waals surface area contributed by atoms with Gasteiger partial charge in [0.15, 0.2) is 0 Å². The van der Waals surface area contributed by atoms with Crippen LogP contribution in [0.1, 0.15) is 75.0 Å². The van der Waals surface area contributed by atoms with Crippen molar-refractivity contribution in [1.82, 2.24) is 0 Å². The highest BCUT2D eigenvalue weighted by Gasteiger charge is 2.31. The molecule has 0 aromatic heterocycles. The highest BCUT2D eigenvalue weighted by molar-refractivity contribution is 5.49. The van der Waals surface area contributed by atoms with E-state index in [0.717, 1.165) is 40.4 Å². The molecule has 3 atom stereocenters. The monoisotopic (exact) mass is 496 g/mol. The van der Waals surface area contributed by atoms with Crippen LogP contribution in [0.25, 0.3) is 0 Å². The summed E-state index contributed by atoms with van der Waals surface area (Å²) in [5.41, 5.74) is 2.68. The lowest BCUT2D eigenvalue weighted by Gasteiger charge is -2.31. The molecule has 0 heterocycles. The minimum atomic E-state index is -0.361. The lowest BCUT2D eigenvalue weighted by Crippen LogP contribution is -2.20. The van der Waals surface area contributed by atoms with Crippen molar-refractivity contribution in [3.05, 3.63) is 120 Å². The Morgan fingerprint density at radius 2 is 0.865 bits per heavy atom. The van der Waals surface area contributed by atoms with Gasteiger partial charge in [-0.15, -0.1) is 0 Å². The van der Waals surface area contributed by atoms with E-state index >= 15 is 0 Å². The summed E-state index contributed by atoms with van der Waals surface area (Å²) in [5.74, 6) is 2.55. The van der Waals surface area contributed by atoms with Crippen LogP contribution in [0.15, 0.2) is 103 Å². The average Bonchev–Trinajstić information content (AvgIpc) is 2.95. The number of ether oxygens (including phenoxy) is 3. The van der Waals surface area contributed by atoms with Crippen molar-refractivity contribution >= 4 is 0 Å². The third kappa shape index (κ3) is 6.45. The molecule has 4 rings (SSSR count). The van der Waals surface area contributed by atoms with Crippen LogP contribution < -0.4 is 14.2 Å². The van der Waals surface area contributed by atoms with Gasteiger partial charge in [-0.3, -0.25) is 0 Å². The smallest absolute Gasteiger partial charge is 0.127 e. The Hall–Kier alpha value is -3.92. The minimum Gasteiger partial charge on any atom is -0.508 e. The molecule has 1 N–H and O–H groups in total. The predicted molar refractivity (Wildman–Crippen MR) is 148 cm³/mol. The van der Waals surface area contributed by atoms with Crippen molar-refractivity contribution in [2.75, 3.05) is 0 Å². The van der Waals surface area contributed by atoms with E-state index in [-0.39, 0.29) is 24.1 Å². The summed E-state index contributed by atoms with van der Waals surface area (Å²) in [6, 6.07) is 33.2. The van der Waals surface area contributed by atoms with Crippen molar-refractivity contribution in [3.8, 4) is 23.0 Å². The Morgan fingerprint density at radius 3 is 1.27 bits per heavy atom. The number of aromatic hydroxyl groups is 1. The molecular weight excluding hydrogens is 460 g/mol. The fraction of sp³-hybridized carbons (Fsp3) is 0.273. The van der Waals surface area contributed by atoms with E-state index in [1.807, 2.05) is 97.1 Å². The van der Waals surface area contributed by atoms with Gasteiger partial charge in [-0.05, 0) is 67.3 Å². The van der Waals surface area contributed by atoms with Crippen LogP contribution in [0.4, 0.5) is 0 Å². The van der Waals surface area contributed by atoms with Gasteiger partial charge in [0, 0.05) is 11.1 Å². The van der Waals surface area contributed by atoms with E-state index in [9.17, 15) is 5.11 Å². The molecular formula is C33H36O4. The van der Waals surface area contributed by atoms with Gasteiger partial charge < -0.3 is 19.3 Å². The van der Waals surface area contributed by atoms with E-state index < -0.39 is 0 Å². The molecule has 4 heteroatoms. The number of phenolic OH excluding ortho intramolecular Hbond substituents is 1. The van der Waals surface area contributed by atoms with Gasteiger partial charge in [-0.1, -0.05) is 81.4 Å². The van der Waals surface area contributed by atoms with Crippen molar-refractivity contribution in [2.45, 2.75) is 58.3 Å². The first kappa shape index (κ1) is 26.2. The molecule has 0 saturated heterocycles. The molecule has 0 aliphatic carbocycles. The lowest BCUT2D eigenvalue weighted by molar-refractivity contribution is 0.162. The van der Waals surface area contributed by atoms with Gasteiger partial charge in [0.1, 0.15) is 41.3 Å². The summed E-state index contributed by atoms with van der Waals surface area (Å²) in [6.45, 7) is 6.28. The first-order chi connectivity index (χ1) is 18.1. The maximum atomic E-state index is 11.3. The summed E-state index contributed by atoms with van der Waals surface area (Å²) < 4.78 is 19.5. The normalized spacial score (nSPS) is 13.4. The molecule has 192 valence electrons. The van der Waals surface area contributed by atoms with Gasteiger partial charge in [0.25, 0.3) is 0 Å². The zero-order valence-corrected chi connectivity index (χ0v) is 21.8. The van der Waals surface area contributed by atoms with E-state index in [4.69, 9.17) is 14.2 Å². The number of hydrogen-bond acceptors (Lipinski definition) is 4. The van der Waals surface area contributed by atoms with Gasteiger partial charge >= 0.3 is 0 Å². The predicted octanol–water partition coefficient (Wildman–Crippen LogP) is 8.98. The van der Waals surface area contributed by atoms with Crippen LogP contribution >= 0.6 is 0 Å². The zero-order valence-electron chi connectivity index (χ0n) is 21.8. The highest BCUT2D eigenvalue weighted by atomic mass is 16.5. The van der Waals surface area contributed by atoms with Gasteiger partial charge in [-0.25, -0.2) is 0 Å². The van der Waals surface area contributed by atoms with Crippen molar-refractivity contribution in [3.63, 3.8) is 0 Å². The molecule has 3 unspecified atom stereocenters. The van der Waals surface area contributed by atoms with E-state index in [2.05, 4.69) is 20.8 Å². The lowest BCUT2D eigenvalue weighted by atomic mass is 9.87. The molecule has 0 fully saturated rings. The molecule has 0 saturated carbocycles. The Balaban J connectivity index is 1.84. The van der Waals surface area contributed by atoms with Crippen LogP contribution in [-0.4, -0.2) is 5.11 Å². The Kier molecular flexibility index (Phi) is 9.09. The first-order valence-corrected chi connectivity index (χ1v) is 13.1. The second-order valence-electron chi connectivity index (χ2n) is 8.98. The largest absolute Gasteiger partial charge is 0.508 e. The van der Waals surface area contributed by atoms with Crippen LogP contribution in [0.2, 0.25) is 0 Å². The Labute approximate surface area is 220 Å². The van der Waals surface area contributed by atoms with Gasteiger partial charge in [0.05, 0.1) is 0 Å². The second kappa shape index (κ2) is 12.9. The topological polar surface area (TPSA) is 47.9 Å². The molecule has 0 bridgehead atoms. The Morgan fingerprint density at radius 1 is 0.486 bits per heavy atom. The molecule has 0 radical (unpaired) electrons. The number of benzene rings is 4. The standard InChI is InChI=1S/C33H36O4/c1-4-29(35-24-16-10-7-11-17-24)27-22-23-28(34)33(31(6-3)37-26-20-14-9-15-21-26)32(27)30(5-2)36-25-18-12-8-13-19-25/h7-23,29-31,34H,4-6H2,1-3H3. The molecule has 4 aromatic rings. The van der Waals surface area contributed by atoms with E-state index in [0.29, 0.717) is 12.8 Å². The third-order valence-electron chi connectivity index (χ3n) is 6.47. The molecule has 4 aromatic carbocycles. The number of para-hydroxylation sites is 3. The molecule has 37 heavy (non-hydrogen) atoms. The second-order valence-corrected chi connectivity index (χ2v) is 8.98. The van der Waals surface area contributed by atoms with Gasteiger partial charge in [-0.2, -0.15) is 0 Å². The fourth-order valence-corrected chi connectivity index (χ4v) is 4.67. The van der Waals surface area contributed by atoms with E-state index in [1.54, 1.807) is 6.07 Å². The minimum absolute atomic E-state index is 0.200. The SMILES string of the molecule is CCC(Oc1ccccc1)c1ccc(O)c(C(CC)Oc2ccccc2)c1C(CC)Oc1ccccc1. The average molecular weight is 497 g/mol. The fourth-order valence-electron chi connectivity index (χ4n) is 4.67. The summed E-state index contributed by atoms with van der Waals surface area (Å²) in [5, 5.41) is 11.3. The number of hydrogen-bond donors (Lipinski definition) is 1. The molecule has 0 amide bonds. The van der Waals surface area contributed by atoms with Crippen molar-refractivity contribution < 1.29 is 19.3 Å². The van der Waals surface area contributed by atoms with Crippen molar-refractivity contribution in [1.29, 1.82) is 0 Å². The highest BCUT2D eigenvalue weighted by Crippen LogP contribution is 2.43. The molecule has 4 nitrogen and oxygen atoms in total. The van der Waals surface area contributed by atoms with Crippen LogP contribution in [0.3, 0.4) is 0 Å². The van der Waals surface area contributed by atoms with Crippen LogP contribution in [0, 0.1) is 0 Å². The molecule has 0 spiro atoms. The maximum Gasteiger partial charge on any atom is 0.127 e. The molecule has 0 aliphatic heterocycles. The van der Waals surface area contributed by atoms with Crippen LogP contribution in [0.5, 0.6) is 23.0 Å². The molecule has 0 aliphatic rings. The van der Waals surface area contributed by atoms with Crippen molar-refractivity contribution in [2.24, 2.45) is 0 Å². The summed E-state index contributed by atoms with van der Waals surface area (Å²) >= 11 is 0. The van der Waals surface area contributed by atoms with E-state index in [1.165, 1.54) is 0 Å². The first-order valence-electron chi connectivity index (χ1n) is 13.1.